The van der Waals surface area contributed by atoms with Gasteiger partial charge in [-0.25, -0.2) is 16.8 Å². The maximum Gasteiger partial charge on any atom is 1.00 e. The van der Waals surface area contributed by atoms with Crippen LogP contribution in [0, 0.1) is 10.1 Å². The summed E-state index contributed by atoms with van der Waals surface area (Å²) in [6, 6.07) is 4.90. The van der Waals surface area contributed by atoms with Crippen LogP contribution in [0.3, 0.4) is 0 Å². The number of Topliss-reactive ketones (excluding diaryl/α,β-unsaturated/α-hetero) is 2. The first-order valence-corrected chi connectivity index (χ1v) is 9.89. The van der Waals surface area contributed by atoms with E-state index in [4.69, 9.17) is 0 Å². The monoisotopic (exact) mass is 459 g/mol. The SMILES string of the molecule is O=C1C2=C(C(=O)c3ccccc31)C([N+](=O)[O-])(S(=O)(=O)[O-])C(S(=O)(=O)[O-])C=C2.[Na+].[Na+]. The first kappa shape index (κ1) is 26.3. The summed E-state index contributed by atoms with van der Waals surface area (Å²) < 4.78 is 70.3. The molecule has 0 radical (unpaired) electrons. The first-order chi connectivity index (χ1) is 12.3. The van der Waals surface area contributed by atoms with Gasteiger partial charge in [0.1, 0.15) is 15.7 Å². The summed E-state index contributed by atoms with van der Waals surface area (Å²) in [5.74, 6) is -2.41. The van der Waals surface area contributed by atoms with Crippen LogP contribution >= 0.6 is 0 Å². The maximum atomic E-state index is 12.8. The topological polar surface area (TPSA) is 192 Å². The molecule has 0 bridgehead atoms. The first-order valence-electron chi connectivity index (χ1n) is 7.01. The second-order valence-electron chi connectivity index (χ2n) is 5.67. The fraction of sp³-hybridized carbons (Fsp3) is 0.143. The molecule has 0 heterocycles. The number of carbonyl (C=O) groups excluding carboxylic acids is 2. The molecule has 0 aliphatic heterocycles. The zero-order valence-electron chi connectivity index (χ0n) is 14.9. The van der Waals surface area contributed by atoms with E-state index in [1.165, 1.54) is 18.2 Å². The van der Waals surface area contributed by atoms with E-state index in [0.717, 1.165) is 6.07 Å². The quantitative estimate of drug-likeness (QED) is 0.182. The molecule has 11 nitrogen and oxygen atoms in total. The standard InChI is InChI=1S/C14H9NO10S2.2Na/c16-12-7-3-1-2-4-8(7)13(17)11-9(12)5-6-10(26(20,21)22)14(11,15(18)19)27(23,24)25;;/h1-6,10H,(H,20,21,22)(H,23,24,25);;/q;2*+1/p-2. The van der Waals surface area contributed by atoms with Crippen molar-refractivity contribution in [1.82, 2.24) is 0 Å². The molecule has 1 aromatic carbocycles. The molecule has 0 amide bonds. The Balaban J connectivity index is 0.00000210. The minimum absolute atomic E-state index is 0. The van der Waals surface area contributed by atoms with Gasteiger partial charge in [0.2, 0.25) is 0 Å². The number of ketones is 2. The predicted molar refractivity (Wildman–Crippen MR) is 84.2 cm³/mol. The molecule has 0 saturated heterocycles. The van der Waals surface area contributed by atoms with Crippen LogP contribution < -0.4 is 59.1 Å². The molecular formula is C14H7NNa2O10S2. The van der Waals surface area contributed by atoms with Crippen LogP contribution in [0.1, 0.15) is 20.7 Å². The van der Waals surface area contributed by atoms with Crippen LogP contribution in [0.2, 0.25) is 0 Å². The molecule has 0 fully saturated rings. The Labute approximate surface area is 208 Å². The smallest absolute Gasteiger partial charge is 0.747 e. The van der Waals surface area contributed by atoms with Gasteiger partial charge in [-0.15, -0.1) is 0 Å². The van der Waals surface area contributed by atoms with Gasteiger partial charge in [0, 0.05) is 21.6 Å². The Kier molecular flexibility index (Phi) is 7.63. The summed E-state index contributed by atoms with van der Waals surface area (Å²) in [5.41, 5.74) is -2.93. The third-order valence-corrected chi connectivity index (χ3v) is 6.94. The van der Waals surface area contributed by atoms with Crippen molar-refractivity contribution < 1.29 is 99.6 Å². The van der Waals surface area contributed by atoms with Crippen molar-refractivity contribution in [2.24, 2.45) is 0 Å². The van der Waals surface area contributed by atoms with Gasteiger partial charge in [-0.05, 0) is 0 Å². The van der Waals surface area contributed by atoms with Gasteiger partial charge in [-0.2, -0.15) is 0 Å². The van der Waals surface area contributed by atoms with Crippen molar-refractivity contribution in [2.45, 2.75) is 10.1 Å². The summed E-state index contributed by atoms with van der Waals surface area (Å²) in [5, 5.41) is 8.67. The van der Waals surface area contributed by atoms with Gasteiger partial charge in [0.05, 0.1) is 0 Å². The van der Waals surface area contributed by atoms with E-state index in [-0.39, 0.29) is 70.8 Å². The number of allylic oxidation sites excluding steroid dienone is 2. The molecule has 142 valence electrons. The van der Waals surface area contributed by atoms with Crippen LogP contribution in [0.15, 0.2) is 47.6 Å². The Morgan fingerprint density at radius 2 is 1.41 bits per heavy atom. The molecule has 0 aromatic heterocycles. The number of nitro groups is 1. The fourth-order valence-corrected chi connectivity index (χ4v) is 5.78. The summed E-state index contributed by atoms with van der Waals surface area (Å²) in [4.78, 5) is 31.1. The molecular weight excluding hydrogens is 452 g/mol. The molecule has 3 rings (SSSR count). The average Bonchev–Trinajstić information content (AvgIpc) is 2.56. The minimum Gasteiger partial charge on any atom is -0.747 e. The number of fused-ring (bicyclic) bond motifs is 1. The third-order valence-electron chi connectivity index (χ3n) is 4.30. The summed E-state index contributed by atoms with van der Waals surface area (Å²) in [6.07, 6.45) is 0.914. The Morgan fingerprint density at radius 3 is 1.83 bits per heavy atom. The largest absolute Gasteiger partial charge is 1.00 e. The van der Waals surface area contributed by atoms with Gasteiger partial charge in [0.15, 0.2) is 26.9 Å². The minimum atomic E-state index is -6.26. The van der Waals surface area contributed by atoms with Crippen LogP contribution in [0.4, 0.5) is 0 Å². The second-order valence-corrected chi connectivity index (χ2v) is 8.70. The number of hydrogen-bond acceptors (Lipinski definition) is 10. The molecule has 0 saturated carbocycles. The van der Waals surface area contributed by atoms with Gasteiger partial charge in [-0.1, -0.05) is 36.4 Å². The van der Waals surface area contributed by atoms with Crippen molar-refractivity contribution >= 4 is 31.8 Å². The number of hydrogen-bond donors (Lipinski definition) is 0. The molecule has 2 aliphatic carbocycles. The van der Waals surface area contributed by atoms with E-state index >= 15 is 0 Å². The van der Waals surface area contributed by atoms with Crippen molar-refractivity contribution in [3.05, 3.63) is 68.8 Å². The normalized spacial score (nSPS) is 23.4. The molecule has 0 N–H and O–H groups in total. The van der Waals surface area contributed by atoms with Crippen molar-refractivity contribution in [3.63, 3.8) is 0 Å². The fourth-order valence-electron chi connectivity index (χ4n) is 3.21. The number of benzene rings is 1. The molecule has 2 atom stereocenters. The van der Waals surface area contributed by atoms with E-state index in [2.05, 4.69) is 0 Å². The second kappa shape index (κ2) is 8.42. The zero-order valence-corrected chi connectivity index (χ0v) is 20.5. The predicted octanol–water partition coefficient (Wildman–Crippen LogP) is -6.63. The molecule has 2 aliphatic rings. The van der Waals surface area contributed by atoms with E-state index in [9.17, 15) is 45.6 Å². The summed E-state index contributed by atoms with van der Waals surface area (Å²) in [7, 11) is -12.0. The zero-order chi connectivity index (χ0) is 20.4. The van der Waals surface area contributed by atoms with Crippen LogP contribution in [-0.4, -0.2) is 52.6 Å². The maximum absolute atomic E-state index is 12.8. The third kappa shape index (κ3) is 3.73. The Hall–Kier alpha value is -0.740. The molecule has 0 spiro atoms. The Bertz CT molecular complexity index is 1200. The van der Waals surface area contributed by atoms with E-state index < -0.39 is 63.6 Å². The molecule has 15 heteroatoms. The van der Waals surface area contributed by atoms with Gasteiger partial charge >= 0.3 is 64.0 Å². The van der Waals surface area contributed by atoms with Gasteiger partial charge < -0.3 is 9.11 Å². The van der Waals surface area contributed by atoms with Crippen LogP contribution in [-0.2, 0) is 20.2 Å². The summed E-state index contributed by atoms with van der Waals surface area (Å²) in [6.45, 7) is 0. The Morgan fingerprint density at radius 1 is 0.931 bits per heavy atom. The van der Waals surface area contributed by atoms with Crippen LogP contribution in [0.5, 0.6) is 0 Å². The average molecular weight is 459 g/mol. The van der Waals surface area contributed by atoms with Crippen molar-refractivity contribution in [3.8, 4) is 0 Å². The van der Waals surface area contributed by atoms with E-state index in [1.54, 1.807) is 0 Å². The van der Waals surface area contributed by atoms with Gasteiger partial charge in [-0.3, -0.25) is 19.7 Å². The van der Waals surface area contributed by atoms with Crippen LogP contribution in [0.25, 0.3) is 0 Å². The van der Waals surface area contributed by atoms with Crippen molar-refractivity contribution in [2.75, 3.05) is 0 Å². The number of nitrogens with zero attached hydrogens (tertiary/aromatic N) is 1. The molecule has 1 aromatic rings. The molecule has 2 unspecified atom stereocenters. The van der Waals surface area contributed by atoms with Gasteiger partial charge in [0.25, 0.3) is 0 Å². The number of carbonyl (C=O) groups is 2. The molecule has 29 heavy (non-hydrogen) atoms. The number of rotatable bonds is 3. The van der Waals surface area contributed by atoms with Crippen molar-refractivity contribution in [1.29, 1.82) is 0 Å². The van der Waals surface area contributed by atoms with E-state index in [0.29, 0.717) is 6.08 Å². The summed E-state index contributed by atoms with van der Waals surface area (Å²) >= 11 is 0. The van der Waals surface area contributed by atoms with E-state index in [1.807, 2.05) is 0 Å².